The van der Waals surface area contributed by atoms with Crippen molar-refractivity contribution in [1.82, 2.24) is 0 Å². The average Bonchev–Trinajstić information content (AvgIpc) is 2.23. The van der Waals surface area contributed by atoms with Crippen molar-refractivity contribution in [2.75, 3.05) is 0 Å². The number of hydrogen-bond donors (Lipinski definition) is 0. The molecule has 0 atom stereocenters. The molecule has 0 heterocycles. The zero-order chi connectivity index (χ0) is 5.54. The first kappa shape index (κ1) is 11.1. The Bertz CT molecular complexity index is 62.5. The van der Waals surface area contributed by atoms with Crippen molar-refractivity contribution in [2.24, 2.45) is 0 Å². The zero-order valence-electron chi connectivity index (χ0n) is 4.95. The van der Waals surface area contributed by atoms with Crippen LogP contribution in [0.3, 0.4) is 0 Å². The van der Waals surface area contributed by atoms with Crippen molar-refractivity contribution in [1.29, 1.82) is 0 Å². The fraction of sp³-hybridized carbons (Fsp3) is 0.286. The Balaban J connectivity index is 0. The van der Waals surface area contributed by atoms with E-state index in [1.807, 2.05) is 12.2 Å². The maximum Gasteiger partial charge on any atom is 0 e. The molecule has 0 aromatic heterocycles. The van der Waals surface area contributed by atoms with Crippen LogP contribution < -0.4 is 0 Å². The Morgan fingerprint density at radius 2 is 2.12 bits per heavy atom. The molecule has 8 heavy (non-hydrogen) atoms. The summed E-state index contributed by atoms with van der Waals surface area (Å²) in [7, 11) is 0. The molecule has 0 saturated heterocycles. The quantitative estimate of drug-likeness (QED) is 0.474. The molecule has 0 aliphatic heterocycles. The van der Waals surface area contributed by atoms with Gasteiger partial charge in [0.05, 0.1) is 0 Å². The summed E-state index contributed by atoms with van der Waals surface area (Å²) < 4.78 is 0. The fourth-order valence-corrected chi connectivity index (χ4v) is 0.340. The van der Waals surface area contributed by atoms with Crippen LogP contribution in [0.2, 0.25) is 0 Å². The van der Waals surface area contributed by atoms with E-state index in [4.69, 9.17) is 0 Å². The van der Waals surface area contributed by atoms with Gasteiger partial charge in [-0.3, -0.25) is 6.08 Å². The second-order valence-electron chi connectivity index (χ2n) is 1.00. The smallest absolute Gasteiger partial charge is 0 e. The van der Waals surface area contributed by atoms with Gasteiger partial charge in [0.2, 0.25) is 0 Å². The Hall–Kier alpha value is 0.220. The molecule has 0 nitrogen and oxygen atoms in total. The summed E-state index contributed by atoms with van der Waals surface area (Å²) in [5, 5.41) is 0. The second-order valence-corrected chi connectivity index (χ2v) is 1.00. The van der Waals surface area contributed by atoms with Crippen LogP contribution in [-0.4, -0.2) is 0 Å². The van der Waals surface area contributed by atoms with Crippen LogP contribution in [0.15, 0.2) is 18.2 Å². The van der Waals surface area contributed by atoms with Crippen LogP contribution in [0.5, 0.6) is 0 Å². The van der Waals surface area contributed by atoms with E-state index in [1.165, 1.54) is 0 Å². The molecular weight excluding hydrogens is 281 g/mol. The normalized spacial score (nSPS) is 11.8. The molecule has 0 N–H and O–H groups in total. The van der Waals surface area contributed by atoms with Gasteiger partial charge in [0.25, 0.3) is 0 Å². The molecule has 0 bridgehead atoms. The first-order valence-corrected chi connectivity index (χ1v) is 2.42. The van der Waals surface area contributed by atoms with E-state index in [0.29, 0.717) is 0 Å². The zero-order valence-corrected chi connectivity index (χ0v) is 7.11. The number of hydrogen-bond acceptors (Lipinski definition) is 0. The fourth-order valence-electron chi connectivity index (χ4n) is 0.340. The number of allylic oxidation sites excluding steroid dienone is 4. The molecule has 0 aromatic rings. The van der Waals surface area contributed by atoms with Crippen molar-refractivity contribution in [3.63, 3.8) is 0 Å². The molecule has 1 heteroatoms. The summed E-state index contributed by atoms with van der Waals surface area (Å²) in [6.45, 7) is 5.00. The van der Waals surface area contributed by atoms with Crippen LogP contribution >= 0.6 is 0 Å². The Labute approximate surface area is 67.2 Å². The molecule has 1 radical (unpaired) electrons. The molecule has 0 amide bonds. The van der Waals surface area contributed by atoms with Crippen LogP contribution in [0.1, 0.15) is 13.3 Å². The maximum atomic E-state index is 3.25. The summed E-state index contributed by atoms with van der Waals surface area (Å²) in [5.74, 6) is 0. The SMILES string of the molecule is [Au].[C-]1=CC=CC1.[CH2-]C. The van der Waals surface area contributed by atoms with Gasteiger partial charge >= 0.3 is 0 Å². The third-order valence-corrected chi connectivity index (χ3v) is 0.586. The Morgan fingerprint density at radius 1 is 1.50 bits per heavy atom. The third-order valence-electron chi connectivity index (χ3n) is 0.586. The van der Waals surface area contributed by atoms with Gasteiger partial charge in [0.1, 0.15) is 0 Å². The first-order chi connectivity index (χ1) is 3.50. The predicted octanol–water partition coefficient (Wildman–Crippen LogP) is 2.14. The minimum Gasteiger partial charge on any atom is -0.346 e. The monoisotopic (exact) mass is 291 g/mol. The van der Waals surface area contributed by atoms with Crippen molar-refractivity contribution in [2.45, 2.75) is 13.3 Å². The van der Waals surface area contributed by atoms with E-state index >= 15 is 0 Å². The molecular formula is C7H10Au-2. The van der Waals surface area contributed by atoms with E-state index in [-0.39, 0.29) is 22.4 Å². The van der Waals surface area contributed by atoms with Crippen molar-refractivity contribution < 1.29 is 22.4 Å². The van der Waals surface area contributed by atoms with Crippen LogP contribution in [-0.2, 0) is 22.4 Å². The molecule has 0 unspecified atom stereocenters. The maximum absolute atomic E-state index is 3.25. The number of rotatable bonds is 0. The molecule has 0 aromatic carbocycles. The van der Waals surface area contributed by atoms with Crippen LogP contribution in [0.25, 0.3) is 0 Å². The van der Waals surface area contributed by atoms with E-state index in [2.05, 4.69) is 19.1 Å². The minimum absolute atomic E-state index is 0. The summed E-state index contributed by atoms with van der Waals surface area (Å²) in [5.41, 5.74) is 0. The van der Waals surface area contributed by atoms with Gasteiger partial charge in [-0.1, -0.05) is 0 Å². The van der Waals surface area contributed by atoms with Crippen molar-refractivity contribution in [3.8, 4) is 0 Å². The summed E-state index contributed by atoms with van der Waals surface area (Å²) in [6.07, 6.45) is 10.0. The molecule has 51 valence electrons. The summed E-state index contributed by atoms with van der Waals surface area (Å²) >= 11 is 0. The Kier molecular flexibility index (Phi) is 14.2. The molecule has 0 saturated carbocycles. The predicted molar refractivity (Wildman–Crippen MR) is 32.6 cm³/mol. The summed E-state index contributed by atoms with van der Waals surface area (Å²) in [4.78, 5) is 0. The van der Waals surface area contributed by atoms with E-state index in [0.717, 1.165) is 6.42 Å². The van der Waals surface area contributed by atoms with Gasteiger partial charge in [0, 0.05) is 22.4 Å². The third kappa shape index (κ3) is 6.22. The molecule has 1 aliphatic carbocycles. The standard InChI is InChI=1S/C5H5.C2H5.Au/c1-2-4-5-3-1;1-2;/h1-3H,4H2;1H2,2H3;/q2*-1;. The largest absolute Gasteiger partial charge is 0.346 e. The first-order valence-electron chi connectivity index (χ1n) is 2.42. The average molecular weight is 291 g/mol. The van der Waals surface area contributed by atoms with Crippen LogP contribution in [0, 0.1) is 13.0 Å². The van der Waals surface area contributed by atoms with E-state index in [9.17, 15) is 0 Å². The Morgan fingerprint density at radius 3 is 2.25 bits per heavy atom. The van der Waals surface area contributed by atoms with Gasteiger partial charge in [0.15, 0.2) is 0 Å². The summed E-state index contributed by atoms with van der Waals surface area (Å²) in [6, 6.07) is 0. The molecule has 0 spiro atoms. The second kappa shape index (κ2) is 10.3. The van der Waals surface area contributed by atoms with Gasteiger partial charge in [-0.05, 0) is 0 Å². The van der Waals surface area contributed by atoms with Crippen molar-refractivity contribution in [3.05, 3.63) is 31.2 Å². The molecule has 1 rings (SSSR count). The van der Waals surface area contributed by atoms with Crippen LogP contribution in [0.4, 0.5) is 0 Å². The van der Waals surface area contributed by atoms with Gasteiger partial charge in [-0.25, -0.2) is 12.2 Å². The minimum atomic E-state index is 0. The van der Waals surface area contributed by atoms with E-state index in [1.54, 1.807) is 6.92 Å². The molecule has 1 aliphatic rings. The van der Waals surface area contributed by atoms with Gasteiger partial charge in [-0.2, -0.15) is 13.0 Å². The van der Waals surface area contributed by atoms with Crippen molar-refractivity contribution >= 4 is 0 Å². The van der Waals surface area contributed by atoms with Gasteiger partial charge < -0.3 is 6.92 Å². The van der Waals surface area contributed by atoms with Gasteiger partial charge in [-0.15, -0.1) is 6.42 Å². The molecule has 0 fully saturated rings. The van der Waals surface area contributed by atoms with E-state index < -0.39 is 0 Å². The topological polar surface area (TPSA) is 0 Å².